The quantitative estimate of drug-likeness (QED) is 0.496. The van der Waals surface area contributed by atoms with Crippen molar-refractivity contribution in [2.45, 2.75) is 51.7 Å². The van der Waals surface area contributed by atoms with E-state index in [9.17, 15) is 4.79 Å². The van der Waals surface area contributed by atoms with E-state index in [1.54, 1.807) is 24.5 Å². The Morgan fingerprint density at radius 2 is 1.80 bits per heavy atom. The monoisotopic (exact) mass is 473 g/mol. The van der Waals surface area contributed by atoms with Gasteiger partial charge in [0.25, 0.3) is 5.91 Å². The second kappa shape index (κ2) is 10.9. The van der Waals surface area contributed by atoms with Gasteiger partial charge in [-0.05, 0) is 66.8 Å². The van der Waals surface area contributed by atoms with E-state index < -0.39 is 0 Å². The lowest BCUT2D eigenvalue weighted by atomic mass is 9.87. The van der Waals surface area contributed by atoms with Gasteiger partial charge in [0.05, 0.1) is 5.56 Å². The van der Waals surface area contributed by atoms with Crippen LogP contribution in [0.4, 0.5) is 11.5 Å². The van der Waals surface area contributed by atoms with Crippen LogP contribution in [0.25, 0.3) is 0 Å². The molecule has 0 radical (unpaired) electrons. The van der Waals surface area contributed by atoms with Crippen molar-refractivity contribution in [3.63, 3.8) is 0 Å². The van der Waals surface area contributed by atoms with Crippen molar-refractivity contribution in [3.05, 3.63) is 77.6 Å². The number of benzene rings is 1. The molecule has 2 aromatic heterocycles. The molecule has 1 amide bonds. The molecule has 1 aliphatic heterocycles. The number of amides is 1. The SMILES string of the molecule is CN1CCC(Oc2cc(CNc3ncccc3C(=O)Nc3ccc(C(C)(C)C)cc3)ccn2)CC1. The highest BCUT2D eigenvalue weighted by molar-refractivity contribution is 6.07. The molecule has 0 saturated carbocycles. The van der Waals surface area contributed by atoms with Gasteiger partial charge in [-0.2, -0.15) is 0 Å². The van der Waals surface area contributed by atoms with Gasteiger partial charge < -0.3 is 20.3 Å². The lowest BCUT2D eigenvalue weighted by molar-refractivity contribution is 0.102. The van der Waals surface area contributed by atoms with Gasteiger partial charge in [0.1, 0.15) is 11.9 Å². The Bertz CT molecular complexity index is 1130. The number of nitrogens with zero attached hydrogens (tertiary/aromatic N) is 3. The summed E-state index contributed by atoms with van der Waals surface area (Å²) in [4.78, 5) is 24.1. The first-order valence-corrected chi connectivity index (χ1v) is 12.2. The van der Waals surface area contributed by atoms with E-state index in [2.05, 4.69) is 53.3 Å². The Balaban J connectivity index is 1.38. The first-order valence-electron chi connectivity index (χ1n) is 12.2. The second-order valence-corrected chi connectivity index (χ2v) is 10.2. The fourth-order valence-electron chi connectivity index (χ4n) is 4.07. The van der Waals surface area contributed by atoms with Crippen LogP contribution < -0.4 is 15.4 Å². The van der Waals surface area contributed by atoms with Crippen molar-refractivity contribution in [1.82, 2.24) is 14.9 Å². The van der Waals surface area contributed by atoms with Crippen LogP contribution in [-0.2, 0) is 12.0 Å². The largest absolute Gasteiger partial charge is 0.474 e. The molecule has 2 N–H and O–H groups in total. The topological polar surface area (TPSA) is 79.4 Å². The molecule has 1 fully saturated rings. The van der Waals surface area contributed by atoms with E-state index in [0.717, 1.165) is 37.2 Å². The molecule has 0 atom stereocenters. The predicted octanol–water partition coefficient (Wildman–Crippen LogP) is 5.11. The van der Waals surface area contributed by atoms with Gasteiger partial charge in [-0.3, -0.25) is 4.79 Å². The summed E-state index contributed by atoms with van der Waals surface area (Å²) >= 11 is 0. The normalized spacial score (nSPS) is 15.0. The maximum Gasteiger partial charge on any atom is 0.259 e. The van der Waals surface area contributed by atoms with Crippen LogP contribution in [0.1, 0.15) is 55.1 Å². The Hall–Kier alpha value is -3.45. The van der Waals surface area contributed by atoms with Gasteiger partial charge in [0.2, 0.25) is 5.88 Å². The number of likely N-dealkylation sites (tertiary alicyclic amines) is 1. The third-order valence-corrected chi connectivity index (χ3v) is 6.27. The summed E-state index contributed by atoms with van der Waals surface area (Å²) in [5.74, 6) is 0.965. The van der Waals surface area contributed by atoms with Crippen LogP contribution in [0.5, 0.6) is 5.88 Å². The molecule has 1 aromatic carbocycles. The number of pyridine rings is 2. The Morgan fingerprint density at radius 1 is 1.06 bits per heavy atom. The Kier molecular flexibility index (Phi) is 7.66. The minimum Gasteiger partial charge on any atom is -0.474 e. The standard InChI is InChI=1S/C28H35N5O2/c1-28(2,3)21-7-9-22(10-8-21)32-27(34)24-6-5-14-30-26(24)31-19-20-11-15-29-25(18-20)35-23-12-16-33(4)17-13-23/h5-11,14-15,18,23H,12-13,16-17,19H2,1-4H3,(H,30,31)(H,32,34). The van der Waals surface area contributed by atoms with E-state index in [1.165, 1.54) is 5.56 Å². The van der Waals surface area contributed by atoms with Gasteiger partial charge in [-0.15, -0.1) is 0 Å². The summed E-state index contributed by atoms with van der Waals surface area (Å²) in [5.41, 5.74) is 3.54. The van der Waals surface area contributed by atoms with Crippen molar-refractivity contribution in [2.24, 2.45) is 0 Å². The van der Waals surface area contributed by atoms with E-state index >= 15 is 0 Å². The fourth-order valence-corrected chi connectivity index (χ4v) is 4.07. The molecule has 3 aromatic rings. The summed E-state index contributed by atoms with van der Waals surface area (Å²) in [5, 5.41) is 6.28. The molecule has 1 saturated heterocycles. The number of rotatable bonds is 7. The first kappa shape index (κ1) is 24.7. The van der Waals surface area contributed by atoms with Crippen molar-refractivity contribution < 1.29 is 9.53 Å². The average Bonchev–Trinajstić information content (AvgIpc) is 2.84. The molecule has 7 heteroatoms. The van der Waals surface area contributed by atoms with Gasteiger partial charge >= 0.3 is 0 Å². The lowest BCUT2D eigenvalue weighted by Gasteiger charge is -2.29. The second-order valence-electron chi connectivity index (χ2n) is 10.2. The summed E-state index contributed by atoms with van der Waals surface area (Å²) < 4.78 is 6.11. The number of hydrogen-bond acceptors (Lipinski definition) is 6. The van der Waals surface area contributed by atoms with Crippen LogP contribution in [0.15, 0.2) is 60.9 Å². The number of aromatic nitrogens is 2. The molecular formula is C28H35N5O2. The van der Waals surface area contributed by atoms with Crippen LogP contribution in [-0.4, -0.2) is 47.0 Å². The maximum absolute atomic E-state index is 13.0. The summed E-state index contributed by atoms with van der Waals surface area (Å²) in [6.07, 6.45) is 5.65. The maximum atomic E-state index is 13.0. The number of ether oxygens (including phenoxy) is 1. The molecular weight excluding hydrogens is 438 g/mol. The van der Waals surface area contributed by atoms with Crippen LogP contribution in [0, 0.1) is 0 Å². The number of anilines is 2. The van der Waals surface area contributed by atoms with Crippen LogP contribution in [0.3, 0.4) is 0 Å². The van der Waals surface area contributed by atoms with Gasteiger partial charge in [-0.1, -0.05) is 32.9 Å². The third-order valence-electron chi connectivity index (χ3n) is 6.27. The lowest BCUT2D eigenvalue weighted by Crippen LogP contribution is -2.35. The molecule has 0 aliphatic carbocycles. The predicted molar refractivity (Wildman–Crippen MR) is 140 cm³/mol. The number of piperidine rings is 1. The summed E-state index contributed by atoms with van der Waals surface area (Å²) in [7, 11) is 2.13. The molecule has 4 rings (SSSR count). The summed E-state index contributed by atoms with van der Waals surface area (Å²) in [6.45, 7) is 9.08. The molecule has 0 bridgehead atoms. The Morgan fingerprint density at radius 3 is 2.51 bits per heavy atom. The molecule has 7 nitrogen and oxygen atoms in total. The first-order chi connectivity index (χ1) is 16.8. The minimum absolute atomic E-state index is 0.0635. The zero-order valence-electron chi connectivity index (χ0n) is 21.0. The molecule has 1 aliphatic rings. The number of carbonyl (C=O) groups excluding carboxylic acids is 1. The van der Waals surface area contributed by atoms with E-state index in [0.29, 0.717) is 23.8 Å². The van der Waals surface area contributed by atoms with Crippen molar-refractivity contribution in [2.75, 3.05) is 30.8 Å². The minimum atomic E-state index is -0.204. The molecule has 0 unspecified atom stereocenters. The van der Waals surface area contributed by atoms with E-state index in [4.69, 9.17) is 4.74 Å². The highest BCUT2D eigenvalue weighted by atomic mass is 16.5. The van der Waals surface area contributed by atoms with Crippen molar-refractivity contribution in [3.8, 4) is 5.88 Å². The van der Waals surface area contributed by atoms with E-state index in [-0.39, 0.29) is 17.4 Å². The zero-order valence-corrected chi connectivity index (χ0v) is 21.0. The third kappa shape index (κ3) is 6.79. The average molecular weight is 474 g/mol. The van der Waals surface area contributed by atoms with Crippen LogP contribution in [0.2, 0.25) is 0 Å². The molecule has 3 heterocycles. The summed E-state index contributed by atoms with van der Waals surface area (Å²) in [6, 6.07) is 15.4. The highest BCUT2D eigenvalue weighted by Gasteiger charge is 2.19. The number of nitrogens with one attached hydrogen (secondary N) is 2. The van der Waals surface area contributed by atoms with Crippen molar-refractivity contribution >= 4 is 17.4 Å². The molecule has 0 spiro atoms. The van der Waals surface area contributed by atoms with Gasteiger partial charge in [0.15, 0.2) is 0 Å². The van der Waals surface area contributed by atoms with E-state index in [1.807, 2.05) is 36.4 Å². The zero-order chi connectivity index (χ0) is 24.8. The highest BCUT2D eigenvalue weighted by Crippen LogP contribution is 2.24. The number of hydrogen-bond donors (Lipinski definition) is 2. The number of carbonyl (C=O) groups is 1. The van der Waals surface area contributed by atoms with Crippen molar-refractivity contribution in [1.29, 1.82) is 0 Å². The fraction of sp³-hybridized carbons (Fsp3) is 0.393. The molecule has 35 heavy (non-hydrogen) atoms. The van der Waals surface area contributed by atoms with Gasteiger partial charge in [0, 0.05) is 43.8 Å². The molecule has 184 valence electrons. The smallest absolute Gasteiger partial charge is 0.259 e. The van der Waals surface area contributed by atoms with Crippen LogP contribution >= 0.6 is 0 Å². The Labute approximate surface area is 207 Å². The van der Waals surface area contributed by atoms with Gasteiger partial charge in [-0.25, -0.2) is 9.97 Å².